The Morgan fingerprint density at radius 1 is 1.00 bits per heavy atom. The Balaban J connectivity index is 1.81. The lowest BCUT2D eigenvalue weighted by atomic mass is 9.98. The summed E-state index contributed by atoms with van der Waals surface area (Å²) in [6.45, 7) is 0.493. The number of amidine groups is 1. The van der Waals surface area contributed by atoms with Gasteiger partial charge in [-0.2, -0.15) is 5.10 Å². The number of nitrogen functional groups attached to an aromatic ring is 1. The number of nitrogens with one attached hydrogen (secondary N) is 1. The second kappa shape index (κ2) is 8.79. The summed E-state index contributed by atoms with van der Waals surface area (Å²) in [5, 5.41) is 6.83. The maximum absolute atomic E-state index is 12.0. The predicted molar refractivity (Wildman–Crippen MR) is 116 cm³/mol. The van der Waals surface area contributed by atoms with Crippen molar-refractivity contribution in [1.29, 1.82) is 0 Å². The number of carbonyl (C=O) groups excluding carboxylic acids is 1. The van der Waals surface area contributed by atoms with E-state index >= 15 is 0 Å². The van der Waals surface area contributed by atoms with Crippen LogP contribution in [-0.4, -0.2) is 18.9 Å². The molecule has 0 heterocycles. The van der Waals surface area contributed by atoms with E-state index in [-0.39, 0.29) is 5.84 Å². The van der Waals surface area contributed by atoms with Crippen LogP contribution in [0.2, 0.25) is 0 Å². The first-order valence-electron chi connectivity index (χ1n) is 8.98. The Kier molecular flexibility index (Phi) is 5.99. The lowest BCUT2D eigenvalue weighted by Crippen LogP contribution is -2.16. The van der Waals surface area contributed by atoms with Gasteiger partial charge >= 0.3 is 5.97 Å². The van der Waals surface area contributed by atoms with Crippen molar-refractivity contribution in [2.75, 3.05) is 18.2 Å². The van der Waals surface area contributed by atoms with Gasteiger partial charge in [0.2, 0.25) is 0 Å². The molecular formula is C22H23N5O2. The summed E-state index contributed by atoms with van der Waals surface area (Å²) < 4.78 is 4.83. The van der Waals surface area contributed by atoms with Gasteiger partial charge in [-0.15, -0.1) is 0 Å². The van der Waals surface area contributed by atoms with Gasteiger partial charge in [-0.1, -0.05) is 54.6 Å². The highest BCUT2D eigenvalue weighted by Crippen LogP contribution is 2.26. The van der Waals surface area contributed by atoms with Gasteiger partial charge in [0.25, 0.3) is 0 Å². The standard InChI is InChI=1S/C22H23N5O2/c1-29-22(28)18-7-4-8-19(23)20(18)26-13-14-9-11-15(12-10-14)16-5-2-3-6-17(16)21(24)27-25/h2-12,26H,13,23,25H2,1H3,(H2,24,27). The molecule has 3 aromatic carbocycles. The van der Waals surface area contributed by atoms with E-state index in [1.807, 2.05) is 48.5 Å². The van der Waals surface area contributed by atoms with Crippen LogP contribution >= 0.6 is 0 Å². The van der Waals surface area contributed by atoms with E-state index in [0.717, 1.165) is 22.3 Å². The third kappa shape index (κ3) is 4.30. The van der Waals surface area contributed by atoms with Crippen LogP contribution in [0.15, 0.2) is 71.8 Å². The lowest BCUT2D eigenvalue weighted by molar-refractivity contribution is 0.0602. The van der Waals surface area contributed by atoms with Gasteiger partial charge < -0.3 is 27.4 Å². The molecule has 0 aromatic heterocycles. The van der Waals surface area contributed by atoms with Gasteiger partial charge in [-0.3, -0.25) is 0 Å². The average Bonchev–Trinajstić information content (AvgIpc) is 2.77. The molecule has 0 aliphatic heterocycles. The number of anilines is 2. The fraction of sp³-hybridized carbons (Fsp3) is 0.0909. The number of ether oxygens (including phenoxy) is 1. The number of hydrogen-bond donors (Lipinski definition) is 4. The average molecular weight is 389 g/mol. The number of nitrogens with two attached hydrogens (primary N) is 3. The molecular weight excluding hydrogens is 366 g/mol. The molecule has 3 aromatic rings. The summed E-state index contributed by atoms with van der Waals surface area (Å²) in [7, 11) is 1.34. The minimum Gasteiger partial charge on any atom is -0.465 e. The van der Waals surface area contributed by atoms with Gasteiger partial charge in [0.1, 0.15) is 0 Å². The SMILES string of the molecule is COC(=O)c1cccc(N)c1NCc1ccc(-c2ccccc2C(N)=NN)cc1. The number of hydrazone groups is 1. The molecule has 0 saturated heterocycles. The molecule has 7 N–H and O–H groups in total. The van der Waals surface area contributed by atoms with Crippen LogP contribution in [0.4, 0.5) is 11.4 Å². The van der Waals surface area contributed by atoms with Crippen molar-refractivity contribution in [1.82, 2.24) is 0 Å². The Morgan fingerprint density at radius 3 is 2.38 bits per heavy atom. The number of nitrogens with zero attached hydrogens (tertiary/aromatic N) is 1. The number of rotatable bonds is 6. The fourth-order valence-corrected chi connectivity index (χ4v) is 3.07. The Morgan fingerprint density at radius 2 is 1.69 bits per heavy atom. The van der Waals surface area contributed by atoms with E-state index in [1.165, 1.54) is 7.11 Å². The second-order valence-electron chi connectivity index (χ2n) is 6.37. The van der Waals surface area contributed by atoms with Crippen LogP contribution in [0.25, 0.3) is 11.1 Å². The van der Waals surface area contributed by atoms with Crippen molar-refractivity contribution < 1.29 is 9.53 Å². The van der Waals surface area contributed by atoms with Crippen molar-refractivity contribution >= 4 is 23.2 Å². The van der Waals surface area contributed by atoms with Crippen molar-refractivity contribution in [3.05, 3.63) is 83.4 Å². The zero-order valence-corrected chi connectivity index (χ0v) is 16.1. The summed E-state index contributed by atoms with van der Waals surface area (Å²) in [6.07, 6.45) is 0. The number of carbonyl (C=O) groups is 1. The second-order valence-corrected chi connectivity index (χ2v) is 6.37. The third-order valence-electron chi connectivity index (χ3n) is 4.58. The van der Waals surface area contributed by atoms with Gasteiger partial charge in [0.15, 0.2) is 5.84 Å². The number of para-hydroxylation sites is 1. The van der Waals surface area contributed by atoms with Crippen LogP contribution in [0, 0.1) is 0 Å². The summed E-state index contributed by atoms with van der Waals surface area (Å²) in [4.78, 5) is 12.0. The summed E-state index contributed by atoms with van der Waals surface area (Å²) >= 11 is 0. The summed E-state index contributed by atoms with van der Waals surface area (Å²) in [5.74, 6) is 5.18. The summed E-state index contributed by atoms with van der Waals surface area (Å²) in [6, 6.07) is 20.8. The van der Waals surface area contributed by atoms with Crippen LogP contribution in [0.3, 0.4) is 0 Å². The molecule has 0 aliphatic carbocycles. The monoisotopic (exact) mass is 389 g/mol. The van der Waals surface area contributed by atoms with Gasteiger partial charge in [0.05, 0.1) is 24.0 Å². The topological polar surface area (TPSA) is 129 Å². The van der Waals surface area contributed by atoms with Crippen LogP contribution in [0.1, 0.15) is 21.5 Å². The van der Waals surface area contributed by atoms with E-state index in [4.69, 9.17) is 22.0 Å². The quantitative estimate of drug-likeness (QED) is 0.128. The minimum absolute atomic E-state index is 0.279. The van der Waals surface area contributed by atoms with Gasteiger partial charge in [0, 0.05) is 12.1 Å². The maximum Gasteiger partial charge on any atom is 0.340 e. The number of hydrogen-bond acceptors (Lipinski definition) is 6. The van der Waals surface area contributed by atoms with E-state index in [9.17, 15) is 4.79 Å². The molecule has 0 atom stereocenters. The molecule has 0 amide bonds. The first-order valence-corrected chi connectivity index (χ1v) is 8.98. The van der Waals surface area contributed by atoms with Gasteiger partial charge in [-0.25, -0.2) is 4.79 Å². The molecule has 0 unspecified atom stereocenters. The van der Waals surface area contributed by atoms with Crippen molar-refractivity contribution in [3.63, 3.8) is 0 Å². The molecule has 0 spiro atoms. The number of methoxy groups -OCH3 is 1. The Labute approximate surface area is 169 Å². The normalized spacial score (nSPS) is 11.1. The van der Waals surface area contributed by atoms with Crippen molar-refractivity contribution in [2.24, 2.45) is 16.7 Å². The van der Waals surface area contributed by atoms with Crippen molar-refractivity contribution in [2.45, 2.75) is 6.54 Å². The highest BCUT2D eigenvalue weighted by molar-refractivity contribution is 6.03. The predicted octanol–water partition coefficient (Wildman–Crippen LogP) is 2.91. The zero-order chi connectivity index (χ0) is 20.8. The molecule has 0 aliphatic rings. The molecule has 0 saturated carbocycles. The zero-order valence-electron chi connectivity index (χ0n) is 16.1. The molecule has 7 heteroatoms. The Hall–Kier alpha value is -4.00. The number of benzene rings is 3. The third-order valence-corrected chi connectivity index (χ3v) is 4.58. The van der Waals surface area contributed by atoms with E-state index in [2.05, 4.69) is 10.4 Å². The highest BCUT2D eigenvalue weighted by Gasteiger charge is 2.14. The molecule has 0 fully saturated rings. The van der Waals surface area contributed by atoms with Crippen LogP contribution in [0.5, 0.6) is 0 Å². The molecule has 7 nitrogen and oxygen atoms in total. The van der Waals surface area contributed by atoms with E-state index in [0.29, 0.717) is 23.5 Å². The molecule has 0 bridgehead atoms. The van der Waals surface area contributed by atoms with Crippen molar-refractivity contribution in [3.8, 4) is 11.1 Å². The summed E-state index contributed by atoms with van der Waals surface area (Å²) in [5.41, 5.74) is 17.1. The molecule has 0 radical (unpaired) electrons. The largest absolute Gasteiger partial charge is 0.465 e. The first kappa shape index (κ1) is 19.8. The van der Waals surface area contributed by atoms with Crippen LogP contribution < -0.4 is 22.6 Å². The molecule has 29 heavy (non-hydrogen) atoms. The van der Waals surface area contributed by atoms with E-state index < -0.39 is 5.97 Å². The molecule has 3 rings (SSSR count). The lowest BCUT2D eigenvalue weighted by Gasteiger charge is -2.14. The highest BCUT2D eigenvalue weighted by atomic mass is 16.5. The van der Waals surface area contributed by atoms with Crippen LogP contribution in [-0.2, 0) is 11.3 Å². The van der Waals surface area contributed by atoms with Gasteiger partial charge in [-0.05, 0) is 28.8 Å². The minimum atomic E-state index is -0.439. The Bertz CT molecular complexity index is 1050. The smallest absolute Gasteiger partial charge is 0.340 e. The first-order chi connectivity index (χ1) is 14.0. The fourth-order valence-electron chi connectivity index (χ4n) is 3.07. The number of esters is 1. The molecule has 148 valence electrons. The van der Waals surface area contributed by atoms with E-state index in [1.54, 1.807) is 18.2 Å². The maximum atomic E-state index is 12.0.